The van der Waals surface area contributed by atoms with Crippen molar-refractivity contribution in [2.45, 2.75) is 76.3 Å². The third-order valence-electron chi connectivity index (χ3n) is 15.5. The van der Waals surface area contributed by atoms with Crippen molar-refractivity contribution in [2.24, 2.45) is 0 Å². The number of carbonyl (C=O) groups excluding carboxylic acids is 2. The Kier molecular flexibility index (Phi) is 26.5. The van der Waals surface area contributed by atoms with Crippen molar-refractivity contribution in [2.75, 3.05) is 124 Å². The highest BCUT2D eigenvalue weighted by atomic mass is 35.5. The molecule has 4 atom stereocenters. The monoisotopic (exact) mass is 1150 g/mol. The van der Waals surface area contributed by atoms with E-state index in [2.05, 4.69) is 37.4 Å². The molecule has 6 rings (SSSR count). The standard InChI is InChI=1S/C62H84N2O14.2ClH/c1-13-25-63(29-23-45-39-51(67-3)53(69-5)41-47(45)49(63)33-43-35-55(71-7)61(75-11)56(36-43)72-8)27-19-31-77-59(65)21-17-15-16-18-22-60(66)78-32-20-28-64(26-14-2)30-24-46-40-52(68-4)54(70-6)42-48(46)50(64)34-44-37-57(73-9)62(76-12)58(38-44)74-10;;/h13-16,35-42,49-50H,1-2,17-34H2,3-12H3;2*1H/q+2;;/p-2/b16-15+;;/t49-,50-,63?,64?;;/m1../s1. The first-order valence-electron chi connectivity index (χ1n) is 26.8. The van der Waals surface area contributed by atoms with Crippen molar-refractivity contribution in [1.29, 1.82) is 0 Å². The van der Waals surface area contributed by atoms with Gasteiger partial charge in [0.15, 0.2) is 46.0 Å². The number of allylic oxidation sites excluding steroid dienone is 2. The largest absolute Gasteiger partial charge is 1.00 e. The van der Waals surface area contributed by atoms with Crippen molar-refractivity contribution in [3.8, 4) is 57.5 Å². The summed E-state index contributed by atoms with van der Waals surface area (Å²) in [6, 6.07) is 16.4. The van der Waals surface area contributed by atoms with Crippen LogP contribution >= 0.6 is 0 Å². The van der Waals surface area contributed by atoms with Crippen molar-refractivity contribution in [3.63, 3.8) is 0 Å². The molecule has 440 valence electrons. The number of halogens is 2. The lowest BCUT2D eigenvalue weighted by atomic mass is 9.85. The predicted molar refractivity (Wildman–Crippen MR) is 300 cm³/mol. The molecule has 0 aliphatic carbocycles. The smallest absolute Gasteiger partial charge is 0.306 e. The van der Waals surface area contributed by atoms with E-state index < -0.39 is 0 Å². The molecule has 4 aromatic carbocycles. The van der Waals surface area contributed by atoms with Crippen molar-refractivity contribution in [3.05, 3.63) is 119 Å². The lowest BCUT2D eigenvalue weighted by molar-refractivity contribution is -0.954. The lowest BCUT2D eigenvalue weighted by Gasteiger charge is -2.48. The molecule has 0 bridgehead atoms. The van der Waals surface area contributed by atoms with Gasteiger partial charge in [-0.15, -0.1) is 0 Å². The van der Waals surface area contributed by atoms with Gasteiger partial charge in [-0.1, -0.05) is 25.3 Å². The van der Waals surface area contributed by atoms with Crippen molar-refractivity contribution >= 4 is 11.9 Å². The fraction of sp³-hybridized carbons (Fsp3) is 0.484. The maximum absolute atomic E-state index is 13.0. The number of rotatable bonds is 32. The summed E-state index contributed by atoms with van der Waals surface area (Å²) >= 11 is 0. The van der Waals surface area contributed by atoms with Crippen LogP contribution < -0.4 is 72.2 Å². The summed E-state index contributed by atoms with van der Waals surface area (Å²) in [7, 11) is 16.3. The van der Waals surface area contributed by atoms with Gasteiger partial charge in [0.25, 0.3) is 0 Å². The Hall–Kier alpha value is -6.46. The average molecular weight is 1150 g/mol. The Morgan fingerprint density at radius 3 is 1.10 bits per heavy atom. The van der Waals surface area contributed by atoms with E-state index in [4.69, 9.17) is 56.8 Å². The van der Waals surface area contributed by atoms with Gasteiger partial charge in [-0.25, -0.2) is 0 Å². The van der Waals surface area contributed by atoms with Crippen LogP contribution in [0.3, 0.4) is 0 Å². The number of ether oxygens (including phenoxy) is 12. The predicted octanol–water partition coefficient (Wildman–Crippen LogP) is 4.15. The Balaban J connectivity index is 0.00000689. The van der Waals surface area contributed by atoms with Crippen LogP contribution in [0.25, 0.3) is 0 Å². The molecule has 0 radical (unpaired) electrons. The maximum atomic E-state index is 13.0. The molecular weight excluding hydrogens is 1070 g/mol. The second-order valence-electron chi connectivity index (χ2n) is 19.8. The molecule has 0 N–H and O–H groups in total. The Morgan fingerprint density at radius 1 is 0.475 bits per heavy atom. The summed E-state index contributed by atoms with van der Waals surface area (Å²) in [5.74, 6) is 5.65. The zero-order valence-corrected chi connectivity index (χ0v) is 50.1. The van der Waals surface area contributed by atoms with Gasteiger partial charge in [0.2, 0.25) is 11.5 Å². The first kappa shape index (κ1) is 66.1. The van der Waals surface area contributed by atoms with Crippen molar-refractivity contribution in [1.82, 2.24) is 0 Å². The van der Waals surface area contributed by atoms with Gasteiger partial charge in [-0.2, -0.15) is 0 Å². The molecule has 0 amide bonds. The summed E-state index contributed by atoms with van der Waals surface area (Å²) in [5, 5.41) is 0. The van der Waals surface area contributed by atoms with Gasteiger partial charge in [0, 0.05) is 62.5 Å². The minimum atomic E-state index is -0.261. The van der Waals surface area contributed by atoms with Gasteiger partial charge < -0.3 is 90.6 Å². The molecule has 0 saturated carbocycles. The molecule has 2 heterocycles. The fourth-order valence-electron chi connectivity index (χ4n) is 11.7. The van der Waals surface area contributed by atoms with E-state index in [0.717, 1.165) is 50.1 Å². The summed E-state index contributed by atoms with van der Waals surface area (Å²) < 4.78 is 70.3. The van der Waals surface area contributed by atoms with Crippen LogP contribution in [0, 0.1) is 0 Å². The number of carbonyl (C=O) groups is 2. The van der Waals surface area contributed by atoms with Gasteiger partial charge in [0.05, 0.1) is 124 Å². The van der Waals surface area contributed by atoms with E-state index in [1.54, 1.807) is 71.1 Å². The molecule has 0 fully saturated rings. The number of quaternary nitrogens is 2. The molecular formula is C62H84Cl2N2O14. The van der Waals surface area contributed by atoms with E-state index in [1.165, 1.54) is 22.3 Å². The molecule has 0 spiro atoms. The molecule has 0 aromatic heterocycles. The quantitative estimate of drug-likeness (QED) is 0.0299. The van der Waals surface area contributed by atoms with Gasteiger partial charge in [-0.05, 0) is 95.8 Å². The van der Waals surface area contributed by atoms with Crippen LogP contribution in [-0.4, -0.2) is 144 Å². The summed E-state index contributed by atoms with van der Waals surface area (Å²) in [6.45, 7) is 13.6. The highest BCUT2D eigenvalue weighted by Gasteiger charge is 2.44. The van der Waals surface area contributed by atoms with Gasteiger partial charge in [-0.3, -0.25) is 9.59 Å². The van der Waals surface area contributed by atoms with E-state index in [1.807, 2.05) is 48.6 Å². The zero-order valence-electron chi connectivity index (χ0n) is 48.6. The molecule has 18 heteroatoms. The van der Waals surface area contributed by atoms with Crippen LogP contribution in [0.4, 0.5) is 0 Å². The minimum absolute atomic E-state index is 0. The number of hydrogen-bond acceptors (Lipinski definition) is 14. The van der Waals surface area contributed by atoms with E-state index in [-0.39, 0.29) is 61.7 Å². The number of methoxy groups -OCH3 is 10. The number of fused-ring (bicyclic) bond motifs is 2. The number of nitrogens with zero attached hydrogens (tertiary/aromatic N) is 2. The summed E-state index contributed by atoms with van der Waals surface area (Å²) in [4.78, 5) is 26.0. The molecule has 0 saturated heterocycles. The minimum Gasteiger partial charge on any atom is -1.00 e. The van der Waals surface area contributed by atoms with E-state index in [9.17, 15) is 9.59 Å². The highest BCUT2D eigenvalue weighted by molar-refractivity contribution is 5.70. The fourth-order valence-corrected chi connectivity index (χ4v) is 11.7. The van der Waals surface area contributed by atoms with Crippen LogP contribution in [0.2, 0.25) is 0 Å². The zero-order chi connectivity index (χ0) is 56.2. The summed E-state index contributed by atoms with van der Waals surface area (Å²) in [5.41, 5.74) is 6.81. The molecule has 2 aliphatic heterocycles. The first-order valence-corrected chi connectivity index (χ1v) is 26.8. The van der Waals surface area contributed by atoms with Gasteiger partial charge in [0.1, 0.15) is 12.1 Å². The molecule has 16 nitrogen and oxygen atoms in total. The highest BCUT2D eigenvalue weighted by Crippen LogP contribution is 2.48. The van der Waals surface area contributed by atoms with E-state index >= 15 is 0 Å². The molecule has 2 unspecified atom stereocenters. The van der Waals surface area contributed by atoms with Gasteiger partial charge >= 0.3 is 11.9 Å². The van der Waals surface area contributed by atoms with Crippen LogP contribution in [0.5, 0.6) is 57.5 Å². The Bertz CT molecular complexity index is 2490. The summed E-state index contributed by atoms with van der Waals surface area (Å²) in [6.07, 6.45) is 13.6. The molecule has 80 heavy (non-hydrogen) atoms. The van der Waals surface area contributed by atoms with Crippen molar-refractivity contribution < 1.29 is 100 Å². The SMILES string of the molecule is C=CC[N+]1(CCCOC(=O)CC/C=C/CCC(=O)OCCC[N+]2(CC=C)CCc3cc(OC)c(OC)cc3[C@H]2Cc2cc(OC)c(OC)c(OC)c2)CCc2cc(OC)c(OC)cc2[C@H]1Cc1cc(OC)c(OC)c(OC)c1.[Cl-].[Cl-]. The third-order valence-corrected chi connectivity index (χ3v) is 15.5. The second kappa shape index (κ2) is 32.1. The number of esters is 2. The van der Waals surface area contributed by atoms with Crippen LogP contribution in [0.15, 0.2) is 86.0 Å². The topological polar surface area (TPSA) is 145 Å². The average Bonchev–Trinajstić information content (AvgIpc) is 3.46. The Morgan fingerprint density at radius 2 is 0.800 bits per heavy atom. The molecule has 4 aromatic rings. The number of hydrogen-bond donors (Lipinski definition) is 0. The van der Waals surface area contributed by atoms with Crippen LogP contribution in [0.1, 0.15) is 84.0 Å². The lowest BCUT2D eigenvalue weighted by Crippen LogP contribution is -3.00. The van der Waals surface area contributed by atoms with E-state index in [0.29, 0.717) is 131 Å². The van der Waals surface area contributed by atoms with Crippen LogP contribution in [-0.2, 0) is 44.7 Å². The maximum Gasteiger partial charge on any atom is 0.306 e. The Labute approximate surface area is 486 Å². The normalized spacial score (nSPS) is 17.9. The molecule has 2 aliphatic rings. The second-order valence-corrected chi connectivity index (χ2v) is 19.8. The first-order chi connectivity index (χ1) is 37.9. The third kappa shape index (κ3) is 15.7. The number of benzene rings is 4.